The fraction of sp³-hybridized carbons (Fsp3) is 0.522. The van der Waals surface area contributed by atoms with Crippen molar-refractivity contribution in [2.45, 2.75) is 45.8 Å². The summed E-state index contributed by atoms with van der Waals surface area (Å²) in [7, 11) is 1.58. The Kier molecular flexibility index (Phi) is 6.36. The summed E-state index contributed by atoms with van der Waals surface area (Å²) < 4.78 is 8.87. The first-order valence-corrected chi connectivity index (χ1v) is 11.2. The highest BCUT2D eigenvalue weighted by atomic mass is 16.5. The Balaban J connectivity index is 1.65. The molecule has 172 valence electrons. The van der Waals surface area contributed by atoms with Crippen LogP contribution in [-0.4, -0.2) is 50.0 Å². The van der Waals surface area contributed by atoms with Crippen LogP contribution in [0.2, 0.25) is 0 Å². The molecule has 0 aliphatic carbocycles. The molecule has 2 atom stereocenters. The molecule has 1 aliphatic heterocycles. The number of hydrogen-bond donors (Lipinski definition) is 2. The molecule has 1 aromatic carbocycles. The van der Waals surface area contributed by atoms with Crippen LogP contribution in [-0.2, 0) is 20.0 Å². The Hall–Kier alpha value is -3.07. The maximum Gasteiger partial charge on any atom is 0.329 e. The summed E-state index contributed by atoms with van der Waals surface area (Å²) in [6.45, 7) is 6.10. The van der Waals surface area contributed by atoms with E-state index in [-0.39, 0.29) is 18.7 Å². The number of imidazole rings is 1. The van der Waals surface area contributed by atoms with Crippen LogP contribution in [0.4, 0.5) is 5.95 Å². The van der Waals surface area contributed by atoms with E-state index < -0.39 is 17.4 Å². The van der Waals surface area contributed by atoms with Crippen molar-refractivity contribution in [2.75, 3.05) is 24.6 Å². The second kappa shape index (κ2) is 9.20. The smallest absolute Gasteiger partial charge is 0.329 e. The molecule has 9 heteroatoms. The summed E-state index contributed by atoms with van der Waals surface area (Å²) in [5, 5.41) is 10.8. The van der Waals surface area contributed by atoms with Gasteiger partial charge in [-0.15, -0.1) is 0 Å². The number of hydrogen-bond acceptors (Lipinski definition) is 6. The predicted octanol–water partition coefficient (Wildman–Crippen LogP) is 1.66. The van der Waals surface area contributed by atoms with Crippen LogP contribution in [0.25, 0.3) is 11.2 Å². The number of aliphatic hydroxyl groups is 1. The van der Waals surface area contributed by atoms with Crippen molar-refractivity contribution in [3.8, 4) is 5.75 Å². The van der Waals surface area contributed by atoms with E-state index in [1.54, 1.807) is 11.6 Å². The van der Waals surface area contributed by atoms with Crippen LogP contribution in [0, 0.1) is 5.92 Å². The molecule has 0 saturated carbocycles. The topological polar surface area (TPSA) is 105 Å². The number of rotatable bonds is 7. The number of aromatic nitrogens is 4. The summed E-state index contributed by atoms with van der Waals surface area (Å²) in [4.78, 5) is 34.0. The molecule has 1 aliphatic rings. The molecular weight excluding hydrogens is 410 g/mol. The van der Waals surface area contributed by atoms with Crippen LogP contribution >= 0.6 is 0 Å². The number of benzene rings is 1. The molecule has 32 heavy (non-hydrogen) atoms. The zero-order chi connectivity index (χ0) is 22.8. The number of anilines is 1. The van der Waals surface area contributed by atoms with Crippen molar-refractivity contribution < 1.29 is 9.84 Å². The van der Waals surface area contributed by atoms with E-state index in [0.29, 0.717) is 23.3 Å². The maximum absolute atomic E-state index is 12.7. The van der Waals surface area contributed by atoms with Crippen LogP contribution in [0.5, 0.6) is 5.75 Å². The number of H-pyrrole nitrogens is 1. The van der Waals surface area contributed by atoms with Gasteiger partial charge in [0, 0.05) is 20.1 Å². The molecule has 0 radical (unpaired) electrons. The molecule has 3 heterocycles. The minimum Gasteiger partial charge on any atom is -0.491 e. The van der Waals surface area contributed by atoms with Crippen LogP contribution in [0.15, 0.2) is 33.9 Å². The van der Waals surface area contributed by atoms with E-state index >= 15 is 0 Å². The van der Waals surface area contributed by atoms with Crippen molar-refractivity contribution >= 4 is 17.1 Å². The first-order valence-electron chi connectivity index (χ1n) is 11.2. The standard InChI is InChI=1S/C23H31N5O4/c1-4-16-8-5-9-18(11-16)32-14-17(29)13-28-19-20(26(3)23(31)25-21(19)30)24-22(28)27-10-6-7-15(2)12-27/h5,8-9,11,15,17,29H,4,6-7,10,12-14H2,1-3H3,(H,25,30,31)/t15-,17-/m1/s1. The number of piperidine rings is 1. The van der Waals surface area contributed by atoms with Gasteiger partial charge in [0.25, 0.3) is 5.56 Å². The summed E-state index contributed by atoms with van der Waals surface area (Å²) >= 11 is 0. The summed E-state index contributed by atoms with van der Waals surface area (Å²) in [5.41, 5.74) is 0.746. The Morgan fingerprint density at radius 1 is 1.34 bits per heavy atom. The summed E-state index contributed by atoms with van der Waals surface area (Å²) in [5.74, 6) is 1.80. The van der Waals surface area contributed by atoms with E-state index in [9.17, 15) is 14.7 Å². The average molecular weight is 442 g/mol. The van der Waals surface area contributed by atoms with Gasteiger partial charge in [-0.25, -0.2) is 4.79 Å². The van der Waals surface area contributed by atoms with Gasteiger partial charge in [0.2, 0.25) is 5.95 Å². The number of fused-ring (bicyclic) bond motifs is 1. The molecule has 0 spiro atoms. The largest absolute Gasteiger partial charge is 0.491 e. The number of aryl methyl sites for hydroxylation is 2. The minimum atomic E-state index is -0.865. The second-order valence-electron chi connectivity index (χ2n) is 8.67. The van der Waals surface area contributed by atoms with E-state index in [2.05, 4.69) is 28.7 Å². The van der Waals surface area contributed by atoms with E-state index in [1.807, 2.05) is 24.3 Å². The lowest BCUT2D eigenvalue weighted by Gasteiger charge is -2.32. The third-order valence-corrected chi connectivity index (χ3v) is 6.07. The van der Waals surface area contributed by atoms with Gasteiger partial charge in [0.1, 0.15) is 18.5 Å². The van der Waals surface area contributed by atoms with Crippen LogP contribution in [0.3, 0.4) is 0 Å². The molecule has 1 saturated heterocycles. The van der Waals surface area contributed by atoms with Crippen LogP contribution < -0.4 is 20.9 Å². The van der Waals surface area contributed by atoms with Gasteiger partial charge in [0.15, 0.2) is 11.2 Å². The summed E-state index contributed by atoms with van der Waals surface area (Å²) in [6, 6.07) is 7.78. The SMILES string of the molecule is CCc1cccc(OC[C@H](O)Cn2c(N3CCC[C@@H](C)C3)nc3c2c(=O)[nH]c(=O)n3C)c1. The molecule has 0 unspecified atom stereocenters. The summed E-state index contributed by atoms with van der Waals surface area (Å²) in [6.07, 6.45) is 2.21. The quantitative estimate of drug-likeness (QED) is 0.578. The van der Waals surface area contributed by atoms with E-state index in [1.165, 1.54) is 4.57 Å². The predicted molar refractivity (Wildman–Crippen MR) is 124 cm³/mol. The first-order chi connectivity index (χ1) is 15.4. The third kappa shape index (κ3) is 4.43. The van der Waals surface area contributed by atoms with Gasteiger partial charge < -0.3 is 19.3 Å². The molecule has 9 nitrogen and oxygen atoms in total. The number of aromatic amines is 1. The highest BCUT2D eigenvalue weighted by molar-refractivity contribution is 5.74. The molecule has 4 rings (SSSR count). The number of nitrogens with one attached hydrogen (secondary N) is 1. The normalized spacial score (nSPS) is 17.6. The monoisotopic (exact) mass is 441 g/mol. The molecule has 3 aromatic rings. The Labute approximate surface area is 186 Å². The van der Waals surface area contributed by atoms with E-state index in [4.69, 9.17) is 4.74 Å². The highest BCUT2D eigenvalue weighted by Crippen LogP contribution is 2.25. The molecular formula is C23H31N5O4. The zero-order valence-corrected chi connectivity index (χ0v) is 18.9. The lowest BCUT2D eigenvalue weighted by atomic mass is 10.0. The Bertz CT molecular complexity index is 1210. The molecule has 1 fully saturated rings. The van der Waals surface area contributed by atoms with Gasteiger partial charge in [0.05, 0.1) is 6.54 Å². The molecule has 0 amide bonds. The first kappa shape index (κ1) is 22.1. The molecule has 0 bridgehead atoms. The molecule has 2 aromatic heterocycles. The van der Waals surface area contributed by atoms with E-state index in [0.717, 1.165) is 37.9 Å². The highest BCUT2D eigenvalue weighted by Gasteiger charge is 2.26. The third-order valence-electron chi connectivity index (χ3n) is 6.07. The van der Waals surface area contributed by atoms with Gasteiger partial charge in [-0.05, 0) is 42.9 Å². The lowest BCUT2D eigenvalue weighted by molar-refractivity contribution is 0.0935. The van der Waals surface area contributed by atoms with Crippen molar-refractivity contribution in [3.05, 3.63) is 50.7 Å². The number of nitrogens with zero attached hydrogens (tertiary/aromatic N) is 4. The fourth-order valence-corrected chi connectivity index (χ4v) is 4.32. The number of ether oxygens (including phenoxy) is 1. The van der Waals surface area contributed by atoms with Gasteiger partial charge in [-0.1, -0.05) is 26.0 Å². The van der Waals surface area contributed by atoms with Crippen molar-refractivity contribution in [1.29, 1.82) is 0 Å². The second-order valence-corrected chi connectivity index (χ2v) is 8.67. The lowest BCUT2D eigenvalue weighted by Crippen LogP contribution is -2.37. The Morgan fingerprint density at radius 3 is 2.91 bits per heavy atom. The average Bonchev–Trinajstić information content (AvgIpc) is 3.16. The number of aliphatic hydroxyl groups excluding tert-OH is 1. The molecule has 2 N–H and O–H groups in total. The minimum absolute atomic E-state index is 0.0757. The van der Waals surface area contributed by atoms with Crippen molar-refractivity contribution in [2.24, 2.45) is 13.0 Å². The van der Waals surface area contributed by atoms with Crippen molar-refractivity contribution in [1.82, 2.24) is 19.1 Å². The maximum atomic E-state index is 12.7. The van der Waals surface area contributed by atoms with Crippen molar-refractivity contribution in [3.63, 3.8) is 0 Å². The van der Waals surface area contributed by atoms with Gasteiger partial charge in [-0.3, -0.25) is 14.3 Å². The Morgan fingerprint density at radius 2 is 2.16 bits per heavy atom. The van der Waals surface area contributed by atoms with Gasteiger partial charge >= 0.3 is 5.69 Å². The van der Waals surface area contributed by atoms with Gasteiger partial charge in [-0.2, -0.15) is 4.98 Å². The zero-order valence-electron chi connectivity index (χ0n) is 18.9. The van der Waals surface area contributed by atoms with Crippen LogP contribution in [0.1, 0.15) is 32.3 Å². The fourth-order valence-electron chi connectivity index (χ4n) is 4.32.